The van der Waals surface area contributed by atoms with E-state index in [-0.39, 0.29) is 30.7 Å². The maximum absolute atomic E-state index is 12.5. The smallest absolute Gasteiger partial charge is 0.253 e. The predicted octanol–water partition coefficient (Wildman–Crippen LogP) is 2.51. The van der Waals surface area contributed by atoms with E-state index in [2.05, 4.69) is 10.3 Å². The summed E-state index contributed by atoms with van der Waals surface area (Å²) in [6.45, 7) is 3.48. The first-order valence-electron chi connectivity index (χ1n) is 6.69. The average molecular weight is 328 g/mol. The van der Waals surface area contributed by atoms with Crippen molar-refractivity contribution in [3.8, 4) is 0 Å². The molecule has 1 fully saturated rings. The maximum Gasteiger partial charge on any atom is 0.253 e. The molecule has 2 aromatic rings. The van der Waals surface area contributed by atoms with E-state index < -0.39 is 0 Å². The second kappa shape index (κ2) is 8.17. The van der Waals surface area contributed by atoms with Gasteiger partial charge in [-0.05, 0) is 37.2 Å². The Hall–Kier alpha value is -1.36. The zero-order valence-electron chi connectivity index (χ0n) is 11.6. The molecule has 1 aliphatic rings. The van der Waals surface area contributed by atoms with Crippen LogP contribution in [0.5, 0.6) is 0 Å². The van der Waals surface area contributed by atoms with Gasteiger partial charge in [0.05, 0.1) is 5.52 Å². The van der Waals surface area contributed by atoms with Gasteiger partial charge in [0.25, 0.3) is 5.91 Å². The number of carbonyl (C=O) groups is 1. The Kier molecular flexibility index (Phi) is 6.89. The number of nitrogens with zero attached hydrogens (tertiary/aromatic N) is 2. The highest BCUT2D eigenvalue weighted by Crippen LogP contribution is 2.15. The molecule has 0 aliphatic carbocycles. The van der Waals surface area contributed by atoms with Gasteiger partial charge >= 0.3 is 0 Å². The van der Waals surface area contributed by atoms with E-state index >= 15 is 0 Å². The first kappa shape index (κ1) is 17.7. The molecule has 3 rings (SSSR count). The second-order valence-electron chi connectivity index (χ2n) is 4.81. The standard InChI is InChI=1S/C15H17N3O.2ClH/c19-15(18-9-2-6-16-8-10-18)13-4-5-14-12(11-13)3-1-7-17-14;;/h1,3-5,7,11,16H,2,6,8-10H2;2*1H. The van der Waals surface area contributed by atoms with Crippen molar-refractivity contribution < 1.29 is 4.79 Å². The van der Waals surface area contributed by atoms with Crippen LogP contribution in [0.1, 0.15) is 16.8 Å². The second-order valence-corrected chi connectivity index (χ2v) is 4.81. The number of aromatic nitrogens is 1. The highest BCUT2D eigenvalue weighted by Gasteiger charge is 2.17. The quantitative estimate of drug-likeness (QED) is 0.875. The molecule has 1 N–H and O–H groups in total. The van der Waals surface area contributed by atoms with Crippen LogP contribution in [0.2, 0.25) is 0 Å². The lowest BCUT2D eigenvalue weighted by atomic mass is 10.1. The van der Waals surface area contributed by atoms with Crippen molar-refractivity contribution in [2.24, 2.45) is 0 Å². The number of amides is 1. The minimum atomic E-state index is 0. The summed E-state index contributed by atoms with van der Waals surface area (Å²) >= 11 is 0. The fourth-order valence-electron chi connectivity index (χ4n) is 2.44. The van der Waals surface area contributed by atoms with Gasteiger partial charge in [0, 0.05) is 36.8 Å². The molecule has 0 spiro atoms. The number of carbonyl (C=O) groups excluding carboxylic acids is 1. The molecule has 6 heteroatoms. The third-order valence-electron chi connectivity index (χ3n) is 3.48. The number of pyridine rings is 1. The number of nitrogens with one attached hydrogen (secondary N) is 1. The molecule has 114 valence electrons. The van der Waals surface area contributed by atoms with E-state index in [0.717, 1.165) is 49.1 Å². The summed E-state index contributed by atoms with van der Waals surface area (Å²) in [6.07, 6.45) is 2.78. The monoisotopic (exact) mass is 327 g/mol. The molecule has 1 amide bonds. The van der Waals surface area contributed by atoms with Gasteiger partial charge in [-0.2, -0.15) is 0 Å². The van der Waals surface area contributed by atoms with Crippen LogP contribution in [0, 0.1) is 0 Å². The van der Waals surface area contributed by atoms with Crippen LogP contribution in [-0.4, -0.2) is 42.0 Å². The Morgan fingerprint density at radius 3 is 2.86 bits per heavy atom. The summed E-state index contributed by atoms with van der Waals surface area (Å²) in [5.74, 6) is 0.120. The first-order chi connectivity index (χ1) is 9.34. The molecular weight excluding hydrogens is 309 g/mol. The van der Waals surface area contributed by atoms with Crippen LogP contribution < -0.4 is 5.32 Å². The fraction of sp³-hybridized carbons (Fsp3) is 0.333. The minimum absolute atomic E-state index is 0. The molecule has 1 aromatic carbocycles. The van der Waals surface area contributed by atoms with Gasteiger partial charge < -0.3 is 10.2 Å². The van der Waals surface area contributed by atoms with Crippen molar-refractivity contribution >= 4 is 41.6 Å². The summed E-state index contributed by atoms with van der Waals surface area (Å²) < 4.78 is 0. The zero-order valence-corrected chi connectivity index (χ0v) is 13.3. The van der Waals surface area contributed by atoms with E-state index in [1.807, 2.05) is 35.2 Å². The Bertz CT molecular complexity index is 598. The lowest BCUT2D eigenvalue weighted by Crippen LogP contribution is -2.34. The number of halogens is 2. The number of hydrogen-bond acceptors (Lipinski definition) is 3. The van der Waals surface area contributed by atoms with E-state index in [9.17, 15) is 4.79 Å². The molecule has 0 atom stereocenters. The molecule has 4 nitrogen and oxygen atoms in total. The van der Waals surface area contributed by atoms with Crippen molar-refractivity contribution in [1.82, 2.24) is 15.2 Å². The molecule has 1 aromatic heterocycles. The molecule has 1 saturated heterocycles. The van der Waals surface area contributed by atoms with Gasteiger partial charge in [-0.25, -0.2) is 0 Å². The van der Waals surface area contributed by atoms with Crippen molar-refractivity contribution in [1.29, 1.82) is 0 Å². The maximum atomic E-state index is 12.5. The van der Waals surface area contributed by atoms with Crippen LogP contribution in [-0.2, 0) is 0 Å². The summed E-state index contributed by atoms with van der Waals surface area (Å²) in [6, 6.07) is 9.60. The highest BCUT2D eigenvalue weighted by atomic mass is 35.5. The van der Waals surface area contributed by atoms with Gasteiger partial charge in [-0.15, -0.1) is 24.8 Å². The van der Waals surface area contributed by atoms with E-state index in [4.69, 9.17) is 0 Å². The molecule has 0 saturated carbocycles. The Morgan fingerprint density at radius 2 is 2.00 bits per heavy atom. The summed E-state index contributed by atoms with van der Waals surface area (Å²) in [5, 5.41) is 4.32. The van der Waals surface area contributed by atoms with Gasteiger partial charge in [0.2, 0.25) is 0 Å². The van der Waals surface area contributed by atoms with Crippen LogP contribution in [0.15, 0.2) is 36.5 Å². The lowest BCUT2D eigenvalue weighted by Gasteiger charge is -2.20. The van der Waals surface area contributed by atoms with E-state index in [1.54, 1.807) is 6.20 Å². The zero-order chi connectivity index (χ0) is 13.1. The largest absolute Gasteiger partial charge is 0.337 e. The van der Waals surface area contributed by atoms with Crippen molar-refractivity contribution in [3.05, 3.63) is 42.1 Å². The SMILES string of the molecule is Cl.Cl.O=C(c1ccc2ncccc2c1)N1CCCNCC1. The normalized spacial score (nSPS) is 14.8. The summed E-state index contributed by atoms with van der Waals surface area (Å²) in [5.41, 5.74) is 1.68. The van der Waals surface area contributed by atoms with E-state index in [0.29, 0.717) is 0 Å². The Morgan fingerprint density at radius 1 is 1.14 bits per heavy atom. The van der Waals surface area contributed by atoms with Crippen molar-refractivity contribution in [3.63, 3.8) is 0 Å². The van der Waals surface area contributed by atoms with Gasteiger partial charge in [0.1, 0.15) is 0 Å². The van der Waals surface area contributed by atoms with Crippen LogP contribution in [0.25, 0.3) is 10.9 Å². The van der Waals surface area contributed by atoms with Crippen molar-refractivity contribution in [2.45, 2.75) is 6.42 Å². The third kappa shape index (κ3) is 4.06. The van der Waals surface area contributed by atoms with Gasteiger partial charge in [-0.3, -0.25) is 9.78 Å². The predicted molar refractivity (Wildman–Crippen MR) is 89.6 cm³/mol. The molecule has 0 bridgehead atoms. The molecular formula is C15H19Cl2N3O. The van der Waals surface area contributed by atoms with Gasteiger partial charge in [-0.1, -0.05) is 6.07 Å². The number of rotatable bonds is 1. The summed E-state index contributed by atoms with van der Waals surface area (Å²) in [4.78, 5) is 18.7. The van der Waals surface area contributed by atoms with E-state index in [1.165, 1.54) is 0 Å². The minimum Gasteiger partial charge on any atom is -0.337 e. The van der Waals surface area contributed by atoms with Crippen LogP contribution in [0.4, 0.5) is 0 Å². The molecule has 0 unspecified atom stereocenters. The number of benzene rings is 1. The topological polar surface area (TPSA) is 45.2 Å². The highest BCUT2D eigenvalue weighted by molar-refractivity contribution is 5.97. The number of hydrogen-bond donors (Lipinski definition) is 1. The third-order valence-corrected chi connectivity index (χ3v) is 3.48. The average Bonchev–Trinajstić information content (AvgIpc) is 2.75. The van der Waals surface area contributed by atoms with Gasteiger partial charge in [0.15, 0.2) is 0 Å². The Balaban J connectivity index is 0.00000110. The Labute approximate surface area is 136 Å². The first-order valence-corrected chi connectivity index (χ1v) is 6.69. The number of fused-ring (bicyclic) bond motifs is 1. The summed E-state index contributed by atoms with van der Waals surface area (Å²) in [7, 11) is 0. The lowest BCUT2D eigenvalue weighted by molar-refractivity contribution is 0.0766. The molecule has 2 heterocycles. The van der Waals surface area contributed by atoms with Crippen molar-refractivity contribution in [2.75, 3.05) is 26.2 Å². The molecule has 1 aliphatic heterocycles. The molecule has 21 heavy (non-hydrogen) atoms. The van der Waals surface area contributed by atoms with Crippen LogP contribution >= 0.6 is 24.8 Å². The molecule has 0 radical (unpaired) electrons. The van der Waals surface area contributed by atoms with Crippen LogP contribution in [0.3, 0.4) is 0 Å². The fourth-order valence-corrected chi connectivity index (χ4v) is 2.44.